The van der Waals surface area contributed by atoms with Crippen molar-refractivity contribution in [2.75, 3.05) is 30.5 Å². The lowest BCUT2D eigenvalue weighted by Crippen LogP contribution is -2.54. The average Bonchev–Trinajstić information content (AvgIpc) is 2.69. The van der Waals surface area contributed by atoms with Gasteiger partial charge >= 0.3 is 6.03 Å². The van der Waals surface area contributed by atoms with E-state index in [2.05, 4.69) is 36.1 Å². The smallest absolute Gasteiger partial charge is 0.319 e. The minimum Gasteiger partial charge on any atom is -0.492 e. The number of urea groups is 1. The molecule has 2 aromatic rings. The highest BCUT2D eigenvalue weighted by molar-refractivity contribution is 5.94. The fourth-order valence-electron chi connectivity index (χ4n) is 4.59. The molecule has 1 aliphatic carbocycles. The molecule has 0 bridgehead atoms. The minimum atomic E-state index is -0.428. The highest BCUT2D eigenvalue weighted by atomic mass is 16.5. The fourth-order valence-corrected chi connectivity index (χ4v) is 4.59. The van der Waals surface area contributed by atoms with Crippen LogP contribution in [0.15, 0.2) is 48.5 Å². The second kappa shape index (κ2) is 8.76. The molecule has 2 amide bonds. The van der Waals surface area contributed by atoms with Gasteiger partial charge in [0.15, 0.2) is 0 Å². The van der Waals surface area contributed by atoms with E-state index < -0.39 is 6.03 Å². The molecular formula is C24H33N3O2. The molecule has 5 heteroatoms. The Bertz CT molecular complexity index is 834. The van der Waals surface area contributed by atoms with Gasteiger partial charge in [0.1, 0.15) is 5.75 Å². The Hall–Kier alpha value is -2.69. The summed E-state index contributed by atoms with van der Waals surface area (Å²) in [5.74, 6) is 1.10. The number of para-hydroxylation sites is 2. The molecule has 3 rings (SSSR count). The summed E-state index contributed by atoms with van der Waals surface area (Å²) in [5, 5.41) is 0. The van der Waals surface area contributed by atoms with Crippen LogP contribution in [0.3, 0.4) is 0 Å². The first kappa shape index (κ1) is 21.0. The van der Waals surface area contributed by atoms with Gasteiger partial charge in [-0.15, -0.1) is 0 Å². The molecule has 0 aliphatic heterocycles. The summed E-state index contributed by atoms with van der Waals surface area (Å²) in [6, 6.07) is 16.0. The summed E-state index contributed by atoms with van der Waals surface area (Å²) < 4.78 is 5.80. The van der Waals surface area contributed by atoms with Gasteiger partial charge in [0.05, 0.1) is 12.3 Å². The number of carbonyl (C=O) groups excluding carboxylic acids is 1. The first-order chi connectivity index (χ1) is 13.9. The third-order valence-corrected chi connectivity index (χ3v) is 6.00. The van der Waals surface area contributed by atoms with Gasteiger partial charge in [-0.1, -0.05) is 30.7 Å². The largest absolute Gasteiger partial charge is 0.492 e. The molecule has 0 heterocycles. The molecule has 0 aromatic heterocycles. The number of amides is 2. The van der Waals surface area contributed by atoms with Crippen LogP contribution >= 0.6 is 0 Å². The number of benzene rings is 2. The Morgan fingerprint density at radius 3 is 2.48 bits per heavy atom. The first-order valence-corrected chi connectivity index (χ1v) is 10.4. The number of ether oxygens (including phenoxy) is 1. The summed E-state index contributed by atoms with van der Waals surface area (Å²) in [7, 11) is 4.10. The second-order valence-electron chi connectivity index (χ2n) is 8.35. The maximum absolute atomic E-state index is 12.6. The maximum Gasteiger partial charge on any atom is 0.319 e. The molecular weight excluding hydrogens is 362 g/mol. The maximum atomic E-state index is 12.6. The van der Waals surface area contributed by atoms with Gasteiger partial charge in [0, 0.05) is 25.3 Å². The molecule has 2 aromatic carbocycles. The molecule has 2 unspecified atom stereocenters. The third kappa shape index (κ3) is 4.50. The van der Waals surface area contributed by atoms with Crippen LogP contribution in [-0.4, -0.2) is 32.3 Å². The minimum absolute atomic E-state index is 0.359. The van der Waals surface area contributed by atoms with E-state index in [1.165, 1.54) is 11.3 Å². The van der Waals surface area contributed by atoms with Crippen molar-refractivity contribution in [3.05, 3.63) is 54.1 Å². The van der Waals surface area contributed by atoms with Crippen molar-refractivity contribution in [1.29, 1.82) is 0 Å². The Morgan fingerprint density at radius 2 is 1.86 bits per heavy atom. The summed E-state index contributed by atoms with van der Waals surface area (Å²) in [5.41, 5.74) is 8.83. The number of nitrogens with two attached hydrogens (primary N) is 1. The van der Waals surface area contributed by atoms with Crippen LogP contribution in [0, 0.1) is 0 Å². The predicted molar refractivity (Wildman–Crippen MR) is 120 cm³/mol. The lowest BCUT2D eigenvalue weighted by Gasteiger charge is -2.46. The van der Waals surface area contributed by atoms with E-state index in [0.717, 1.165) is 31.4 Å². The molecule has 1 saturated carbocycles. The SMILES string of the molecule is CCOc1ccccc1N(C(N)=O)C1(C)CCCC(c2ccc(N(C)C)cc2)C1. The van der Waals surface area contributed by atoms with E-state index in [0.29, 0.717) is 18.3 Å². The van der Waals surface area contributed by atoms with Crippen LogP contribution in [0.2, 0.25) is 0 Å². The number of primary amides is 1. The standard InChI is InChI=1S/C24H33N3O2/c1-5-29-22-11-7-6-10-21(22)27(23(25)28)24(2)16-8-9-19(17-24)18-12-14-20(15-13-18)26(3)4/h6-7,10-15,19H,5,8-9,16-17H2,1-4H3,(H2,25,28). The lowest BCUT2D eigenvalue weighted by atomic mass is 9.73. The van der Waals surface area contributed by atoms with Crippen LogP contribution in [0.25, 0.3) is 0 Å². The van der Waals surface area contributed by atoms with Crippen molar-refractivity contribution in [2.24, 2.45) is 5.73 Å². The highest BCUT2D eigenvalue weighted by Crippen LogP contribution is 2.45. The van der Waals surface area contributed by atoms with Gasteiger partial charge in [0.25, 0.3) is 0 Å². The molecule has 2 N–H and O–H groups in total. The molecule has 2 atom stereocenters. The van der Waals surface area contributed by atoms with E-state index in [1.807, 2.05) is 45.3 Å². The van der Waals surface area contributed by atoms with Gasteiger partial charge in [-0.25, -0.2) is 4.79 Å². The van der Waals surface area contributed by atoms with Gasteiger partial charge in [-0.2, -0.15) is 0 Å². The number of carbonyl (C=O) groups is 1. The van der Waals surface area contributed by atoms with E-state index in [9.17, 15) is 4.79 Å². The summed E-state index contributed by atoms with van der Waals surface area (Å²) >= 11 is 0. The number of hydrogen-bond acceptors (Lipinski definition) is 3. The average molecular weight is 396 g/mol. The third-order valence-electron chi connectivity index (χ3n) is 6.00. The molecule has 29 heavy (non-hydrogen) atoms. The van der Waals surface area contributed by atoms with Crippen molar-refractivity contribution in [3.63, 3.8) is 0 Å². The molecule has 0 radical (unpaired) electrons. The van der Waals surface area contributed by atoms with Crippen LogP contribution in [0.4, 0.5) is 16.2 Å². The lowest BCUT2D eigenvalue weighted by molar-refractivity contribution is 0.229. The first-order valence-electron chi connectivity index (χ1n) is 10.4. The molecule has 0 spiro atoms. The number of hydrogen-bond donors (Lipinski definition) is 1. The Morgan fingerprint density at radius 1 is 1.17 bits per heavy atom. The van der Waals surface area contributed by atoms with E-state index in [-0.39, 0.29) is 5.54 Å². The summed E-state index contributed by atoms with van der Waals surface area (Å²) in [6.45, 7) is 4.64. The zero-order valence-corrected chi connectivity index (χ0v) is 18.0. The van der Waals surface area contributed by atoms with E-state index in [1.54, 1.807) is 4.90 Å². The fraction of sp³-hybridized carbons (Fsp3) is 0.458. The number of nitrogens with zero attached hydrogens (tertiary/aromatic N) is 2. The summed E-state index contributed by atoms with van der Waals surface area (Å²) in [6.07, 6.45) is 3.97. The monoisotopic (exact) mass is 395 g/mol. The molecule has 1 aliphatic rings. The van der Waals surface area contributed by atoms with Crippen LogP contribution in [-0.2, 0) is 0 Å². The Kier molecular flexibility index (Phi) is 6.36. The van der Waals surface area contributed by atoms with Gasteiger partial charge in [-0.05, 0) is 68.9 Å². The van der Waals surface area contributed by atoms with Crippen molar-refractivity contribution >= 4 is 17.4 Å². The predicted octanol–water partition coefficient (Wildman–Crippen LogP) is 5.15. The second-order valence-corrected chi connectivity index (χ2v) is 8.35. The van der Waals surface area contributed by atoms with E-state index >= 15 is 0 Å². The highest BCUT2D eigenvalue weighted by Gasteiger charge is 2.41. The van der Waals surface area contributed by atoms with Crippen molar-refractivity contribution in [2.45, 2.75) is 51.0 Å². The molecule has 1 fully saturated rings. The molecule has 156 valence electrons. The summed E-state index contributed by atoms with van der Waals surface area (Å²) in [4.78, 5) is 16.5. The van der Waals surface area contributed by atoms with E-state index in [4.69, 9.17) is 10.5 Å². The van der Waals surface area contributed by atoms with Gasteiger partial charge < -0.3 is 15.4 Å². The Labute approximate surface area is 174 Å². The molecule has 5 nitrogen and oxygen atoms in total. The normalized spacial score (nSPS) is 21.4. The topological polar surface area (TPSA) is 58.8 Å². The molecule has 0 saturated heterocycles. The van der Waals surface area contributed by atoms with Crippen LogP contribution < -0.4 is 20.3 Å². The Balaban J connectivity index is 1.91. The van der Waals surface area contributed by atoms with Crippen LogP contribution in [0.1, 0.15) is 51.0 Å². The number of anilines is 2. The van der Waals surface area contributed by atoms with Gasteiger partial charge in [0.2, 0.25) is 0 Å². The van der Waals surface area contributed by atoms with Crippen LogP contribution in [0.5, 0.6) is 5.75 Å². The van der Waals surface area contributed by atoms with Crippen molar-refractivity contribution in [1.82, 2.24) is 0 Å². The van der Waals surface area contributed by atoms with Gasteiger partial charge in [-0.3, -0.25) is 4.90 Å². The quantitative estimate of drug-likeness (QED) is 0.735. The number of rotatable bonds is 6. The zero-order valence-electron chi connectivity index (χ0n) is 18.0. The van der Waals surface area contributed by atoms with Crippen molar-refractivity contribution in [3.8, 4) is 5.75 Å². The van der Waals surface area contributed by atoms with Crippen molar-refractivity contribution < 1.29 is 9.53 Å². The zero-order chi connectivity index (χ0) is 21.0.